The molecule has 2 atom stereocenters. The minimum atomic E-state index is 0.420. The fraction of sp³-hybridized carbons (Fsp3) is 1.00. The van der Waals surface area contributed by atoms with Crippen molar-refractivity contribution in [3.63, 3.8) is 0 Å². The van der Waals surface area contributed by atoms with E-state index < -0.39 is 0 Å². The van der Waals surface area contributed by atoms with E-state index in [-0.39, 0.29) is 0 Å². The number of aliphatic hydroxyl groups excluding tert-OH is 1. The molecule has 2 nitrogen and oxygen atoms in total. The van der Waals surface area contributed by atoms with E-state index >= 15 is 0 Å². The average molecular weight is 197 g/mol. The second-order valence-corrected chi connectivity index (χ2v) is 5.20. The molecule has 0 aromatic heterocycles. The Morgan fingerprint density at radius 3 is 2.43 bits per heavy atom. The lowest BCUT2D eigenvalue weighted by atomic mass is 9.69. The van der Waals surface area contributed by atoms with Crippen molar-refractivity contribution in [2.24, 2.45) is 17.8 Å². The van der Waals surface area contributed by atoms with Gasteiger partial charge < -0.3 is 10.0 Å². The predicted octanol–water partition coefficient (Wildman–Crippen LogP) is 1.74. The van der Waals surface area contributed by atoms with Crippen LogP contribution in [0.5, 0.6) is 0 Å². The first-order valence-corrected chi connectivity index (χ1v) is 6.10. The maximum absolute atomic E-state index is 9.48. The first-order chi connectivity index (χ1) is 6.81. The number of hydrogen-bond donors (Lipinski definition) is 1. The molecule has 2 fully saturated rings. The lowest BCUT2D eigenvalue weighted by molar-refractivity contribution is 0.0418. The van der Waals surface area contributed by atoms with Crippen LogP contribution in [0.3, 0.4) is 0 Å². The van der Waals surface area contributed by atoms with Crippen molar-refractivity contribution < 1.29 is 5.11 Å². The van der Waals surface area contributed by atoms with Gasteiger partial charge in [0.2, 0.25) is 0 Å². The van der Waals surface area contributed by atoms with Crippen molar-refractivity contribution in [2.75, 3.05) is 26.7 Å². The Morgan fingerprint density at radius 1 is 1.21 bits per heavy atom. The van der Waals surface area contributed by atoms with Gasteiger partial charge in [0.1, 0.15) is 0 Å². The molecule has 0 bridgehead atoms. The van der Waals surface area contributed by atoms with E-state index in [0.717, 1.165) is 11.8 Å². The topological polar surface area (TPSA) is 23.5 Å². The van der Waals surface area contributed by atoms with Crippen LogP contribution < -0.4 is 0 Å². The maximum atomic E-state index is 9.48. The number of nitrogens with zero attached hydrogens (tertiary/aromatic N) is 1. The highest BCUT2D eigenvalue weighted by Crippen LogP contribution is 2.39. The maximum Gasteiger partial charge on any atom is 0.0465 e. The number of rotatable bonds is 3. The van der Waals surface area contributed by atoms with Crippen molar-refractivity contribution in [1.29, 1.82) is 0 Å². The van der Waals surface area contributed by atoms with Crippen LogP contribution in [-0.4, -0.2) is 36.8 Å². The van der Waals surface area contributed by atoms with Gasteiger partial charge in [-0.1, -0.05) is 19.3 Å². The summed E-state index contributed by atoms with van der Waals surface area (Å²) in [6.07, 6.45) is 6.79. The Hall–Kier alpha value is -0.0800. The van der Waals surface area contributed by atoms with Crippen LogP contribution in [0.1, 0.15) is 32.1 Å². The van der Waals surface area contributed by atoms with Gasteiger partial charge in [0.25, 0.3) is 0 Å². The van der Waals surface area contributed by atoms with Gasteiger partial charge in [-0.25, -0.2) is 0 Å². The molecule has 1 heterocycles. The SMILES string of the molecule is CN1CCCC(C(CO)C2CCC2)C1. The lowest BCUT2D eigenvalue weighted by Crippen LogP contribution is -2.41. The summed E-state index contributed by atoms with van der Waals surface area (Å²) in [5.41, 5.74) is 0. The standard InChI is InChI=1S/C12H23NO/c1-13-7-3-6-11(8-13)12(9-14)10-4-2-5-10/h10-12,14H,2-9H2,1H3. The van der Waals surface area contributed by atoms with Gasteiger partial charge >= 0.3 is 0 Å². The highest BCUT2D eigenvalue weighted by Gasteiger charge is 2.34. The summed E-state index contributed by atoms with van der Waals surface area (Å²) >= 11 is 0. The molecule has 0 aromatic carbocycles. The Kier molecular flexibility index (Phi) is 3.45. The quantitative estimate of drug-likeness (QED) is 0.745. The van der Waals surface area contributed by atoms with Crippen molar-refractivity contribution in [2.45, 2.75) is 32.1 Å². The number of likely N-dealkylation sites (tertiary alicyclic amines) is 1. The third-order valence-electron chi connectivity index (χ3n) is 4.23. The largest absolute Gasteiger partial charge is 0.396 e. The number of piperidine rings is 1. The summed E-state index contributed by atoms with van der Waals surface area (Å²) in [7, 11) is 2.21. The molecule has 0 spiro atoms. The van der Waals surface area contributed by atoms with E-state index in [9.17, 15) is 5.11 Å². The fourth-order valence-corrected chi connectivity index (χ4v) is 3.11. The number of hydrogen-bond acceptors (Lipinski definition) is 2. The summed E-state index contributed by atoms with van der Waals surface area (Å²) in [5.74, 6) is 2.21. The highest BCUT2D eigenvalue weighted by atomic mass is 16.3. The van der Waals surface area contributed by atoms with Crippen molar-refractivity contribution in [3.05, 3.63) is 0 Å². The van der Waals surface area contributed by atoms with Gasteiger partial charge in [0, 0.05) is 13.2 Å². The zero-order valence-electron chi connectivity index (χ0n) is 9.28. The van der Waals surface area contributed by atoms with Crippen LogP contribution in [0.2, 0.25) is 0 Å². The molecule has 2 heteroatoms. The zero-order chi connectivity index (χ0) is 9.97. The lowest BCUT2D eigenvalue weighted by Gasteiger charge is -2.41. The molecule has 1 N–H and O–H groups in total. The van der Waals surface area contributed by atoms with Crippen molar-refractivity contribution in [1.82, 2.24) is 4.90 Å². The molecule has 1 aliphatic heterocycles. The van der Waals surface area contributed by atoms with Gasteiger partial charge in [0.15, 0.2) is 0 Å². The molecule has 0 aromatic rings. The molecule has 0 amide bonds. The molecule has 82 valence electrons. The van der Waals surface area contributed by atoms with Gasteiger partial charge in [-0.15, -0.1) is 0 Å². The Morgan fingerprint density at radius 2 is 1.93 bits per heavy atom. The summed E-state index contributed by atoms with van der Waals surface area (Å²) in [6, 6.07) is 0. The van der Waals surface area contributed by atoms with Crippen molar-refractivity contribution in [3.8, 4) is 0 Å². The van der Waals surface area contributed by atoms with E-state index in [0.29, 0.717) is 12.5 Å². The zero-order valence-corrected chi connectivity index (χ0v) is 9.28. The molecule has 14 heavy (non-hydrogen) atoms. The third kappa shape index (κ3) is 2.12. The monoisotopic (exact) mass is 197 g/mol. The van der Waals surface area contributed by atoms with Crippen LogP contribution in [0.4, 0.5) is 0 Å². The van der Waals surface area contributed by atoms with E-state index in [1.807, 2.05) is 0 Å². The van der Waals surface area contributed by atoms with Crippen molar-refractivity contribution >= 4 is 0 Å². The second kappa shape index (κ2) is 4.63. The van der Waals surface area contributed by atoms with Crippen LogP contribution in [0.25, 0.3) is 0 Å². The molecular weight excluding hydrogens is 174 g/mol. The van der Waals surface area contributed by atoms with Gasteiger partial charge in [0.05, 0.1) is 0 Å². The molecule has 2 rings (SSSR count). The van der Waals surface area contributed by atoms with Gasteiger partial charge in [-0.2, -0.15) is 0 Å². The molecule has 1 saturated heterocycles. The van der Waals surface area contributed by atoms with Gasteiger partial charge in [-0.05, 0) is 44.2 Å². The predicted molar refractivity (Wildman–Crippen MR) is 58.1 cm³/mol. The highest BCUT2D eigenvalue weighted by molar-refractivity contribution is 4.85. The first-order valence-electron chi connectivity index (χ1n) is 6.10. The molecule has 2 aliphatic rings. The molecule has 0 radical (unpaired) electrons. The smallest absolute Gasteiger partial charge is 0.0465 e. The van der Waals surface area contributed by atoms with Crippen LogP contribution in [0, 0.1) is 17.8 Å². The van der Waals surface area contributed by atoms with E-state index in [4.69, 9.17) is 0 Å². The summed E-state index contributed by atoms with van der Waals surface area (Å²) in [5, 5.41) is 9.48. The average Bonchev–Trinajstić information content (AvgIpc) is 2.10. The summed E-state index contributed by atoms with van der Waals surface area (Å²) < 4.78 is 0. The van der Waals surface area contributed by atoms with Crippen LogP contribution >= 0.6 is 0 Å². The van der Waals surface area contributed by atoms with Gasteiger partial charge in [-0.3, -0.25) is 0 Å². The number of aliphatic hydroxyl groups is 1. The molecule has 2 unspecified atom stereocenters. The molecular formula is C12H23NO. The normalized spacial score (nSPS) is 32.6. The first kappa shape index (κ1) is 10.4. The Bertz CT molecular complexity index is 179. The summed E-state index contributed by atoms with van der Waals surface area (Å²) in [6.45, 7) is 2.88. The molecule has 1 aliphatic carbocycles. The van der Waals surface area contributed by atoms with E-state index in [1.165, 1.54) is 45.2 Å². The van der Waals surface area contributed by atoms with Crippen LogP contribution in [0.15, 0.2) is 0 Å². The van der Waals surface area contributed by atoms with Crippen LogP contribution in [-0.2, 0) is 0 Å². The molecule has 1 saturated carbocycles. The Labute approximate surface area is 87.3 Å². The second-order valence-electron chi connectivity index (χ2n) is 5.20. The fourth-order valence-electron chi connectivity index (χ4n) is 3.11. The minimum Gasteiger partial charge on any atom is -0.396 e. The van der Waals surface area contributed by atoms with E-state index in [2.05, 4.69) is 11.9 Å². The summed E-state index contributed by atoms with van der Waals surface area (Å²) in [4.78, 5) is 2.43. The minimum absolute atomic E-state index is 0.420. The Balaban J connectivity index is 1.89. The third-order valence-corrected chi connectivity index (χ3v) is 4.23. The van der Waals surface area contributed by atoms with E-state index in [1.54, 1.807) is 0 Å².